The van der Waals surface area contributed by atoms with Crippen LogP contribution < -0.4 is 14.8 Å². The van der Waals surface area contributed by atoms with Gasteiger partial charge in [0.05, 0.1) is 11.4 Å². The number of anilines is 1. The summed E-state index contributed by atoms with van der Waals surface area (Å²) >= 11 is 0. The fraction of sp³-hybridized carbons (Fsp3) is 0.316. The Bertz CT molecular complexity index is 972. The molecule has 8 heteroatoms. The summed E-state index contributed by atoms with van der Waals surface area (Å²) in [7, 11) is -2.47. The van der Waals surface area contributed by atoms with E-state index in [1.807, 2.05) is 26.0 Å². The number of hydrogen-bond acceptors (Lipinski definition) is 5. The second kappa shape index (κ2) is 7.58. The number of sulfonamides is 1. The Balaban J connectivity index is 1.73. The Morgan fingerprint density at radius 1 is 1.11 bits per heavy atom. The number of carbonyl (C=O) groups is 1. The van der Waals surface area contributed by atoms with Crippen LogP contribution in [0, 0.1) is 13.8 Å². The molecule has 3 rings (SSSR count). The van der Waals surface area contributed by atoms with Crippen LogP contribution in [-0.4, -0.2) is 45.4 Å². The Morgan fingerprint density at radius 3 is 2.56 bits per heavy atom. The minimum atomic E-state index is -3.84. The Morgan fingerprint density at radius 2 is 1.81 bits per heavy atom. The maximum atomic E-state index is 12.8. The van der Waals surface area contributed by atoms with Crippen molar-refractivity contribution in [1.29, 1.82) is 0 Å². The van der Waals surface area contributed by atoms with Gasteiger partial charge in [-0.15, -0.1) is 0 Å². The molecule has 144 valence electrons. The van der Waals surface area contributed by atoms with Crippen LogP contribution in [0.2, 0.25) is 0 Å². The van der Waals surface area contributed by atoms with Gasteiger partial charge < -0.3 is 14.8 Å². The fourth-order valence-electron chi connectivity index (χ4n) is 2.73. The van der Waals surface area contributed by atoms with Gasteiger partial charge in [0.25, 0.3) is 0 Å². The molecule has 1 N–H and O–H groups in total. The van der Waals surface area contributed by atoms with Crippen molar-refractivity contribution in [3.63, 3.8) is 0 Å². The molecule has 0 saturated carbocycles. The van der Waals surface area contributed by atoms with Gasteiger partial charge in [0.1, 0.15) is 13.2 Å². The lowest BCUT2D eigenvalue weighted by atomic mass is 10.1. The number of benzene rings is 2. The number of carbonyl (C=O) groups excluding carboxylic acids is 1. The van der Waals surface area contributed by atoms with Crippen LogP contribution in [0.15, 0.2) is 41.3 Å². The van der Waals surface area contributed by atoms with Crippen LogP contribution in [0.5, 0.6) is 11.5 Å². The largest absolute Gasteiger partial charge is 0.486 e. The minimum Gasteiger partial charge on any atom is -0.486 e. The third-order valence-electron chi connectivity index (χ3n) is 4.47. The summed E-state index contributed by atoms with van der Waals surface area (Å²) in [6, 6.07) is 10.0. The Labute approximate surface area is 158 Å². The summed E-state index contributed by atoms with van der Waals surface area (Å²) in [5.41, 5.74) is 2.67. The van der Waals surface area contributed by atoms with Gasteiger partial charge in [-0.3, -0.25) is 4.79 Å². The molecule has 1 amide bonds. The molecule has 0 aromatic heterocycles. The van der Waals surface area contributed by atoms with Crippen LogP contribution in [0.3, 0.4) is 0 Å². The van der Waals surface area contributed by atoms with E-state index in [9.17, 15) is 13.2 Å². The zero-order chi connectivity index (χ0) is 19.6. The number of ether oxygens (including phenoxy) is 2. The van der Waals surface area contributed by atoms with Crippen LogP contribution in [0.4, 0.5) is 5.69 Å². The highest BCUT2D eigenvalue weighted by Crippen LogP contribution is 2.33. The fourth-order valence-corrected chi connectivity index (χ4v) is 3.87. The molecule has 0 saturated heterocycles. The normalized spacial score (nSPS) is 13.5. The summed E-state index contributed by atoms with van der Waals surface area (Å²) in [6.45, 7) is 4.34. The van der Waals surface area contributed by atoms with Crippen LogP contribution in [0.25, 0.3) is 0 Å². The van der Waals surface area contributed by atoms with Crippen LogP contribution in [0.1, 0.15) is 11.1 Å². The van der Waals surface area contributed by atoms with Crippen molar-refractivity contribution in [2.45, 2.75) is 18.7 Å². The van der Waals surface area contributed by atoms with Crippen molar-refractivity contribution in [2.75, 3.05) is 32.1 Å². The highest BCUT2D eigenvalue weighted by atomic mass is 32.2. The third kappa shape index (κ3) is 4.06. The van der Waals surface area contributed by atoms with Gasteiger partial charge in [-0.2, -0.15) is 4.31 Å². The van der Waals surface area contributed by atoms with Gasteiger partial charge in [-0.05, 0) is 43.2 Å². The first-order chi connectivity index (χ1) is 12.8. The van der Waals surface area contributed by atoms with Gasteiger partial charge in [0.2, 0.25) is 15.9 Å². The van der Waals surface area contributed by atoms with Gasteiger partial charge in [-0.25, -0.2) is 8.42 Å². The van der Waals surface area contributed by atoms with Crippen molar-refractivity contribution in [3.05, 3.63) is 47.5 Å². The molecule has 0 unspecified atom stereocenters. The van der Waals surface area contributed by atoms with Crippen LogP contribution in [-0.2, 0) is 14.8 Å². The van der Waals surface area contributed by atoms with Crippen LogP contribution >= 0.6 is 0 Å². The molecule has 1 aliphatic rings. The first kappa shape index (κ1) is 19.2. The zero-order valence-electron chi connectivity index (χ0n) is 15.5. The average Bonchev–Trinajstić information content (AvgIpc) is 2.65. The summed E-state index contributed by atoms with van der Waals surface area (Å²) in [5, 5.41) is 2.77. The lowest BCUT2D eigenvalue weighted by Gasteiger charge is -2.21. The molecule has 0 spiro atoms. The highest BCUT2D eigenvalue weighted by Gasteiger charge is 2.25. The maximum absolute atomic E-state index is 12.8. The predicted molar refractivity (Wildman–Crippen MR) is 102 cm³/mol. The van der Waals surface area contributed by atoms with Crippen molar-refractivity contribution in [2.24, 2.45) is 0 Å². The minimum absolute atomic E-state index is 0.0498. The molecule has 0 atom stereocenters. The van der Waals surface area contributed by atoms with E-state index < -0.39 is 15.9 Å². The van der Waals surface area contributed by atoms with E-state index in [1.165, 1.54) is 19.2 Å². The number of rotatable bonds is 5. The van der Waals surface area contributed by atoms with Gasteiger partial charge in [0, 0.05) is 18.8 Å². The smallest absolute Gasteiger partial charge is 0.243 e. The van der Waals surface area contributed by atoms with Crippen molar-refractivity contribution < 1.29 is 22.7 Å². The molecule has 27 heavy (non-hydrogen) atoms. The van der Waals surface area contributed by atoms with Gasteiger partial charge >= 0.3 is 0 Å². The lowest BCUT2D eigenvalue weighted by molar-refractivity contribution is -0.116. The van der Waals surface area contributed by atoms with E-state index >= 15 is 0 Å². The molecular weight excluding hydrogens is 368 g/mol. The zero-order valence-corrected chi connectivity index (χ0v) is 16.3. The molecule has 0 fully saturated rings. The van der Waals surface area contributed by atoms with E-state index in [2.05, 4.69) is 5.32 Å². The molecule has 1 aliphatic heterocycles. The number of fused-ring (bicyclic) bond motifs is 1. The average molecular weight is 390 g/mol. The summed E-state index contributed by atoms with van der Waals surface area (Å²) in [6.07, 6.45) is 0. The maximum Gasteiger partial charge on any atom is 0.243 e. The molecule has 0 bridgehead atoms. The molecule has 2 aromatic rings. The summed E-state index contributed by atoms with van der Waals surface area (Å²) in [5.74, 6) is 0.485. The Hall–Kier alpha value is -2.58. The molecular formula is C19H22N2O5S. The second-order valence-corrected chi connectivity index (χ2v) is 8.41. The molecule has 1 heterocycles. The van der Waals surface area contributed by atoms with Crippen molar-refractivity contribution in [1.82, 2.24) is 4.31 Å². The van der Waals surface area contributed by atoms with E-state index in [-0.39, 0.29) is 11.4 Å². The first-order valence-electron chi connectivity index (χ1n) is 8.51. The number of nitrogens with zero attached hydrogens (tertiary/aromatic N) is 1. The van der Waals surface area contributed by atoms with Crippen molar-refractivity contribution in [3.8, 4) is 11.5 Å². The van der Waals surface area contributed by atoms with Gasteiger partial charge in [-0.1, -0.05) is 12.1 Å². The number of likely N-dealkylation sites (N-methyl/N-ethyl adjacent to an activating group) is 1. The SMILES string of the molecule is Cc1cccc(NC(=O)CN(C)S(=O)(=O)c2ccc3c(c2)OCCO3)c1C. The van der Waals surface area contributed by atoms with Gasteiger partial charge in [0.15, 0.2) is 11.5 Å². The van der Waals surface area contributed by atoms with E-state index in [1.54, 1.807) is 12.1 Å². The van der Waals surface area contributed by atoms with E-state index in [0.717, 1.165) is 15.4 Å². The lowest BCUT2D eigenvalue weighted by Crippen LogP contribution is -2.35. The topological polar surface area (TPSA) is 84.9 Å². The highest BCUT2D eigenvalue weighted by molar-refractivity contribution is 7.89. The Kier molecular flexibility index (Phi) is 5.38. The quantitative estimate of drug-likeness (QED) is 0.847. The summed E-state index contributed by atoms with van der Waals surface area (Å²) in [4.78, 5) is 12.4. The molecule has 2 aromatic carbocycles. The number of nitrogens with one attached hydrogen (secondary N) is 1. The molecule has 0 aliphatic carbocycles. The number of amides is 1. The van der Waals surface area contributed by atoms with E-state index in [4.69, 9.17) is 9.47 Å². The number of hydrogen-bond donors (Lipinski definition) is 1. The van der Waals surface area contributed by atoms with Crippen molar-refractivity contribution >= 4 is 21.6 Å². The second-order valence-electron chi connectivity index (χ2n) is 6.36. The third-order valence-corrected chi connectivity index (χ3v) is 6.27. The standard InChI is InChI=1S/C19H22N2O5S/c1-13-5-4-6-16(14(13)2)20-19(22)12-21(3)27(23,24)15-7-8-17-18(11-15)26-10-9-25-17/h4-8,11H,9-10,12H2,1-3H3,(H,20,22). The number of aryl methyl sites for hydroxylation is 1. The molecule has 7 nitrogen and oxygen atoms in total. The predicted octanol–water partition coefficient (Wildman–Crippen LogP) is 2.33. The summed E-state index contributed by atoms with van der Waals surface area (Å²) < 4.78 is 37.4. The monoisotopic (exact) mass is 390 g/mol. The van der Waals surface area contributed by atoms with E-state index in [0.29, 0.717) is 30.4 Å². The molecule has 0 radical (unpaired) electrons. The first-order valence-corrected chi connectivity index (χ1v) is 9.95.